The van der Waals surface area contributed by atoms with Crippen molar-refractivity contribution in [1.82, 2.24) is 9.69 Å². The quantitative estimate of drug-likeness (QED) is 0.313. The molecule has 0 saturated heterocycles. The zero-order chi connectivity index (χ0) is 27.3. The van der Waals surface area contributed by atoms with Gasteiger partial charge in [0.2, 0.25) is 5.91 Å². The Morgan fingerprint density at radius 1 is 1.19 bits per heavy atom. The number of ether oxygens (including phenoxy) is 1. The fourth-order valence-electron chi connectivity index (χ4n) is 3.59. The number of carbonyl (C=O) groups excluding carboxylic acids is 3. The minimum absolute atomic E-state index is 0.0808. The number of nitrogens with one attached hydrogen (secondary N) is 1. The molecule has 37 heavy (non-hydrogen) atoms. The van der Waals surface area contributed by atoms with Crippen LogP contribution in [0.5, 0.6) is 11.5 Å². The summed E-state index contributed by atoms with van der Waals surface area (Å²) in [6.07, 6.45) is 0.686. The summed E-state index contributed by atoms with van der Waals surface area (Å²) in [5.74, 6) is -2.53. The Labute approximate surface area is 217 Å². The lowest BCUT2D eigenvalue weighted by atomic mass is 10.0. The first-order chi connectivity index (χ1) is 17.5. The third-order valence-corrected chi connectivity index (χ3v) is 6.38. The molecule has 1 aromatic heterocycles. The molecule has 12 heteroatoms. The number of nitrogen functional groups attached to an aromatic ring is 1. The van der Waals surface area contributed by atoms with Crippen LogP contribution in [0.4, 0.5) is 15.8 Å². The molecule has 0 bridgehead atoms. The summed E-state index contributed by atoms with van der Waals surface area (Å²) in [5, 5.41) is 13.0. The van der Waals surface area contributed by atoms with Crippen molar-refractivity contribution in [1.29, 1.82) is 0 Å². The molecule has 3 aromatic rings. The van der Waals surface area contributed by atoms with Gasteiger partial charge in [-0.3, -0.25) is 19.3 Å². The van der Waals surface area contributed by atoms with Crippen LogP contribution < -0.4 is 26.4 Å². The molecule has 0 saturated carbocycles. The van der Waals surface area contributed by atoms with E-state index in [1.807, 2.05) is 13.8 Å². The van der Waals surface area contributed by atoms with E-state index in [0.717, 1.165) is 17.0 Å². The smallest absolute Gasteiger partial charge is 0.273 e. The summed E-state index contributed by atoms with van der Waals surface area (Å²) < 4.78 is 22.9. The monoisotopic (exact) mass is 529 g/mol. The first-order valence-electron chi connectivity index (χ1n) is 11.3. The molecule has 3 rings (SSSR count). The van der Waals surface area contributed by atoms with Gasteiger partial charge >= 0.3 is 0 Å². The molecule has 1 atom stereocenters. The third kappa shape index (κ3) is 6.15. The third-order valence-electron chi connectivity index (χ3n) is 5.53. The molecule has 0 aliphatic carbocycles. The minimum atomic E-state index is -1.29. The number of carbonyl (C=O) groups is 3. The van der Waals surface area contributed by atoms with Crippen molar-refractivity contribution in [3.05, 3.63) is 64.4 Å². The lowest BCUT2D eigenvalue weighted by Gasteiger charge is -2.31. The van der Waals surface area contributed by atoms with Gasteiger partial charge in [0.25, 0.3) is 11.8 Å². The number of aromatic nitrogens is 1. The van der Waals surface area contributed by atoms with E-state index < -0.39 is 29.6 Å². The zero-order valence-electron chi connectivity index (χ0n) is 20.5. The molecular formula is C25H28FN5O5S. The maximum absolute atomic E-state index is 13.9. The van der Waals surface area contributed by atoms with Crippen LogP contribution in [0.25, 0.3) is 0 Å². The number of aromatic hydroxyl groups is 1. The lowest BCUT2D eigenvalue weighted by molar-refractivity contribution is -0.122. The Kier molecular flexibility index (Phi) is 8.66. The average Bonchev–Trinajstić information content (AvgIpc) is 3.24. The summed E-state index contributed by atoms with van der Waals surface area (Å²) >= 11 is 0.657. The maximum atomic E-state index is 13.9. The van der Waals surface area contributed by atoms with E-state index >= 15 is 0 Å². The summed E-state index contributed by atoms with van der Waals surface area (Å²) in [7, 11) is 1.35. The highest BCUT2D eigenvalue weighted by Crippen LogP contribution is 2.36. The highest BCUT2D eigenvalue weighted by molar-refractivity contribution is 7.09. The van der Waals surface area contributed by atoms with E-state index in [9.17, 15) is 23.9 Å². The van der Waals surface area contributed by atoms with Gasteiger partial charge < -0.3 is 26.6 Å². The van der Waals surface area contributed by atoms with Gasteiger partial charge in [0.05, 0.1) is 12.8 Å². The molecule has 3 amide bonds. The van der Waals surface area contributed by atoms with Crippen LogP contribution in [0.15, 0.2) is 42.5 Å². The Balaban J connectivity index is 2.20. The van der Waals surface area contributed by atoms with Crippen LogP contribution in [-0.4, -0.2) is 40.9 Å². The fraction of sp³-hybridized carbons (Fsp3) is 0.280. The van der Waals surface area contributed by atoms with Gasteiger partial charge in [-0.15, -0.1) is 0 Å². The Bertz CT molecular complexity index is 1300. The molecule has 0 fully saturated rings. The molecule has 0 radical (unpaired) electrons. The molecule has 2 aromatic carbocycles. The van der Waals surface area contributed by atoms with Crippen molar-refractivity contribution in [2.45, 2.75) is 26.3 Å². The number of amides is 3. The zero-order valence-corrected chi connectivity index (χ0v) is 21.3. The van der Waals surface area contributed by atoms with Crippen molar-refractivity contribution < 1.29 is 28.6 Å². The predicted molar refractivity (Wildman–Crippen MR) is 138 cm³/mol. The van der Waals surface area contributed by atoms with Gasteiger partial charge in [-0.25, -0.2) is 4.39 Å². The number of hydrogen-bond donors (Lipinski definition) is 4. The van der Waals surface area contributed by atoms with Crippen molar-refractivity contribution >= 4 is 40.6 Å². The minimum Gasteiger partial charge on any atom is -0.504 e. The van der Waals surface area contributed by atoms with Crippen molar-refractivity contribution in [3.63, 3.8) is 0 Å². The SMILES string of the molecule is COc1cc(C(C(=O)NCCC(C)C)N(C(=O)c2snc(C(N)=O)c2N)c2ccc(F)cc2)ccc1O. The number of phenols is 1. The second-order valence-corrected chi connectivity index (χ2v) is 9.37. The summed E-state index contributed by atoms with van der Waals surface area (Å²) in [6, 6.07) is 7.91. The summed E-state index contributed by atoms with van der Waals surface area (Å²) in [5.41, 5.74) is 11.3. The van der Waals surface area contributed by atoms with Crippen LogP contribution in [0.3, 0.4) is 0 Å². The van der Waals surface area contributed by atoms with Crippen molar-refractivity contribution in [2.75, 3.05) is 24.3 Å². The number of nitrogens with two attached hydrogens (primary N) is 2. The molecule has 0 aliphatic heterocycles. The van der Waals surface area contributed by atoms with Crippen LogP contribution in [-0.2, 0) is 4.79 Å². The number of primary amides is 1. The van der Waals surface area contributed by atoms with Gasteiger partial charge in [-0.1, -0.05) is 19.9 Å². The number of methoxy groups -OCH3 is 1. The van der Waals surface area contributed by atoms with E-state index in [-0.39, 0.29) is 33.4 Å². The Morgan fingerprint density at radius 3 is 2.43 bits per heavy atom. The fourth-order valence-corrected chi connectivity index (χ4v) is 4.33. The number of nitrogens with zero attached hydrogens (tertiary/aromatic N) is 2. The van der Waals surface area contributed by atoms with Crippen LogP contribution in [0.2, 0.25) is 0 Å². The predicted octanol–water partition coefficient (Wildman–Crippen LogP) is 3.23. The largest absolute Gasteiger partial charge is 0.504 e. The number of halogens is 1. The van der Waals surface area contributed by atoms with Gasteiger partial charge in [0, 0.05) is 12.2 Å². The average molecular weight is 530 g/mol. The van der Waals surface area contributed by atoms with Crippen molar-refractivity contribution in [3.8, 4) is 11.5 Å². The van der Waals surface area contributed by atoms with E-state index in [4.69, 9.17) is 16.2 Å². The van der Waals surface area contributed by atoms with Gasteiger partial charge in [-0.2, -0.15) is 4.37 Å². The maximum Gasteiger partial charge on any atom is 0.273 e. The Hall–Kier alpha value is -4.19. The number of rotatable bonds is 10. The molecule has 6 N–H and O–H groups in total. The van der Waals surface area contributed by atoms with Crippen molar-refractivity contribution in [2.24, 2.45) is 11.7 Å². The first-order valence-corrected chi connectivity index (χ1v) is 12.1. The lowest BCUT2D eigenvalue weighted by Crippen LogP contribution is -2.44. The van der Waals surface area contributed by atoms with E-state index in [1.54, 1.807) is 0 Å². The number of benzene rings is 2. The Morgan fingerprint density at radius 2 is 1.86 bits per heavy atom. The van der Waals surface area contributed by atoms with Gasteiger partial charge in [0.1, 0.15) is 16.7 Å². The molecular weight excluding hydrogens is 501 g/mol. The second-order valence-electron chi connectivity index (χ2n) is 8.60. The summed E-state index contributed by atoms with van der Waals surface area (Å²) in [6.45, 7) is 4.35. The van der Waals surface area contributed by atoms with Gasteiger partial charge in [-0.05, 0) is 65.8 Å². The molecule has 196 valence electrons. The topological polar surface area (TPSA) is 161 Å². The molecule has 1 unspecified atom stereocenters. The van der Waals surface area contributed by atoms with E-state index in [1.165, 1.54) is 37.4 Å². The summed E-state index contributed by atoms with van der Waals surface area (Å²) in [4.78, 5) is 40.2. The van der Waals surface area contributed by atoms with E-state index in [2.05, 4.69) is 9.69 Å². The molecule has 1 heterocycles. The van der Waals surface area contributed by atoms with E-state index in [0.29, 0.717) is 36.0 Å². The highest BCUT2D eigenvalue weighted by atomic mass is 32.1. The standard InChI is InChI=1S/C25H28FN5O5S/c1-13(2)10-11-29-24(34)21(14-4-9-17(32)18(12-14)36-3)31(16-7-5-15(26)6-8-16)25(35)22-19(27)20(23(28)33)30-37-22/h4-9,12-13,21,32H,10-11,27H2,1-3H3,(H2,28,33)(H,29,34). The number of anilines is 2. The van der Waals surface area contributed by atoms with Crippen LogP contribution >= 0.6 is 11.5 Å². The molecule has 10 nitrogen and oxygen atoms in total. The highest BCUT2D eigenvalue weighted by Gasteiger charge is 2.36. The number of hydrogen-bond acceptors (Lipinski definition) is 8. The molecule has 0 spiro atoms. The first kappa shape index (κ1) is 27.4. The van der Waals surface area contributed by atoms with Gasteiger partial charge in [0.15, 0.2) is 17.2 Å². The molecule has 0 aliphatic rings. The van der Waals surface area contributed by atoms with Crippen LogP contribution in [0, 0.1) is 11.7 Å². The second kappa shape index (κ2) is 11.7. The normalized spacial score (nSPS) is 11.7. The number of phenolic OH excluding ortho intramolecular Hbond substituents is 1. The van der Waals surface area contributed by atoms with Crippen LogP contribution in [0.1, 0.15) is 52.0 Å².